The molecule has 0 aliphatic carbocycles. The summed E-state index contributed by atoms with van der Waals surface area (Å²) in [6, 6.07) is 16.5. The molecule has 21 heavy (non-hydrogen) atoms. The molecule has 0 fully saturated rings. The first-order valence-electron chi connectivity index (χ1n) is 7.00. The van der Waals surface area contributed by atoms with Gasteiger partial charge >= 0.3 is 0 Å². The Kier molecular flexibility index (Phi) is 2.54. The second-order valence-electron chi connectivity index (χ2n) is 5.34. The molecular formula is C18H16N2O. The molecule has 0 amide bonds. The third-order valence-corrected chi connectivity index (χ3v) is 3.94. The van der Waals surface area contributed by atoms with E-state index >= 15 is 0 Å². The van der Waals surface area contributed by atoms with Gasteiger partial charge in [-0.3, -0.25) is 0 Å². The van der Waals surface area contributed by atoms with Crippen LogP contribution in [-0.2, 0) is 14.1 Å². The minimum atomic E-state index is 0.883. The Hall–Kier alpha value is -2.68. The zero-order valence-electron chi connectivity index (χ0n) is 12.1. The maximum atomic E-state index is 6.24. The average molecular weight is 276 g/mol. The smallest absolute Gasteiger partial charge is 0.151 e. The standard InChI is InChI=1S/C18H16N2O/c1-19-11-9-13-5-3-7-15(17(13)19)21-16-8-4-6-14-10-12-20(2)18(14)16/h3-12H,1-2H3. The molecule has 0 aliphatic heterocycles. The van der Waals surface area contributed by atoms with Gasteiger partial charge in [-0.2, -0.15) is 0 Å². The van der Waals surface area contributed by atoms with Crippen LogP contribution in [0.5, 0.6) is 11.5 Å². The molecule has 4 aromatic rings. The van der Waals surface area contributed by atoms with Crippen LogP contribution in [-0.4, -0.2) is 9.13 Å². The number of aromatic nitrogens is 2. The number of rotatable bonds is 2. The van der Waals surface area contributed by atoms with Crippen molar-refractivity contribution in [2.24, 2.45) is 14.1 Å². The molecule has 2 aromatic carbocycles. The molecule has 2 aromatic heterocycles. The molecule has 0 N–H and O–H groups in total. The Labute approximate surface area is 123 Å². The number of nitrogens with zero attached hydrogens (tertiary/aromatic N) is 2. The molecule has 4 rings (SSSR count). The number of ether oxygens (including phenoxy) is 1. The highest BCUT2D eigenvalue weighted by Crippen LogP contribution is 2.34. The molecule has 0 radical (unpaired) electrons. The van der Waals surface area contributed by atoms with Crippen molar-refractivity contribution in [3.8, 4) is 11.5 Å². The number of benzene rings is 2. The number of aryl methyl sites for hydroxylation is 2. The predicted octanol–water partition coefficient (Wildman–Crippen LogP) is 4.46. The summed E-state index contributed by atoms with van der Waals surface area (Å²) in [5.74, 6) is 1.77. The predicted molar refractivity (Wildman–Crippen MR) is 85.9 cm³/mol. The summed E-state index contributed by atoms with van der Waals surface area (Å²) in [5.41, 5.74) is 2.23. The fraction of sp³-hybridized carbons (Fsp3) is 0.111. The molecule has 0 aliphatic rings. The van der Waals surface area contributed by atoms with E-state index in [1.165, 1.54) is 10.8 Å². The van der Waals surface area contributed by atoms with Gasteiger partial charge in [0.25, 0.3) is 0 Å². The summed E-state index contributed by atoms with van der Waals surface area (Å²) >= 11 is 0. The highest BCUT2D eigenvalue weighted by Gasteiger charge is 2.10. The first-order valence-corrected chi connectivity index (χ1v) is 7.00. The Balaban J connectivity index is 1.91. The van der Waals surface area contributed by atoms with Gasteiger partial charge in [0.15, 0.2) is 11.5 Å². The lowest BCUT2D eigenvalue weighted by Gasteiger charge is -2.11. The summed E-state index contributed by atoms with van der Waals surface area (Å²) in [5, 5.41) is 2.38. The van der Waals surface area contributed by atoms with Crippen LogP contribution in [0.2, 0.25) is 0 Å². The topological polar surface area (TPSA) is 19.1 Å². The van der Waals surface area contributed by atoms with Crippen molar-refractivity contribution in [2.45, 2.75) is 0 Å². The van der Waals surface area contributed by atoms with E-state index in [2.05, 4.69) is 45.8 Å². The number of fused-ring (bicyclic) bond motifs is 2. The molecule has 0 saturated heterocycles. The SMILES string of the molecule is Cn1ccc2cccc(Oc3cccc4ccn(C)c34)c21. The van der Waals surface area contributed by atoms with Crippen molar-refractivity contribution in [3.05, 3.63) is 60.9 Å². The van der Waals surface area contributed by atoms with Crippen molar-refractivity contribution in [3.63, 3.8) is 0 Å². The second kappa shape index (κ2) is 4.42. The van der Waals surface area contributed by atoms with Gasteiger partial charge in [0, 0.05) is 37.3 Å². The van der Waals surface area contributed by atoms with Crippen LogP contribution in [0.15, 0.2) is 60.9 Å². The van der Waals surface area contributed by atoms with Gasteiger partial charge in [0.2, 0.25) is 0 Å². The highest BCUT2D eigenvalue weighted by atomic mass is 16.5. The second-order valence-corrected chi connectivity index (χ2v) is 5.34. The molecule has 0 bridgehead atoms. The zero-order valence-corrected chi connectivity index (χ0v) is 12.1. The lowest BCUT2D eigenvalue weighted by atomic mass is 10.2. The summed E-state index contributed by atoms with van der Waals surface area (Å²) in [4.78, 5) is 0. The Morgan fingerprint density at radius 2 is 1.14 bits per heavy atom. The molecule has 3 nitrogen and oxygen atoms in total. The third-order valence-electron chi connectivity index (χ3n) is 3.94. The lowest BCUT2D eigenvalue weighted by Crippen LogP contribution is -1.93. The normalized spacial score (nSPS) is 11.3. The van der Waals surface area contributed by atoms with Crippen LogP contribution in [0.3, 0.4) is 0 Å². The van der Waals surface area contributed by atoms with Gasteiger partial charge in [0.05, 0.1) is 11.0 Å². The van der Waals surface area contributed by atoms with Crippen LogP contribution in [0.25, 0.3) is 21.8 Å². The fourth-order valence-corrected chi connectivity index (χ4v) is 2.92. The monoisotopic (exact) mass is 276 g/mol. The van der Waals surface area contributed by atoms with E-state index in [9.17, 15) is 0 Å². The first-order chi connectivity index (χ1) is 10.2. The van der Waals surface area contributed by atoms with Gasteiger partial charge in [0.1, 0.15) is 0 Å². The third kappa shape index (κ3) is 1.82. The minimum absolute atomic E-state index is 0.883. The molecule has 0 spiro atoms. The Bertz CT molecular complexity index is 868. The first kappa shape index (κ1) is 12.1. The lowest BCUT2D eigenvalue weighted by molar-refractivity contribution is 0.489. The Morgan fingerprint density at radius 1 is 0.667 bits per heavy atom. The van der Waals surface area contributed by atoms with Crippen LogP contribution in [0.1, 0.15) is 0 Å². The molecule has 104 valence electrons. The van der Waals surface area contributed by atoms with Crippen molar-refractivity contribution < 1.29 is 4.74 Å². The maximum Gasteiger partial charge on any atom is 0.151 e. The van der Waals surface area contributed by atoms with Gasteiger partial charge < -0.3 is 13.9 Å². The van der Waals surface area contributed by atoms with Crippen molar-refractivity contribution in [1.29, 1.82) is 0 Å². The van der Waals surface area contributed by atoms with Gasteiger partial charge in [-0.15, -0.1) is 0 Å². The molecule has 0 atom stereocenters. The quantitative estimate of drug-likeness (QED) is 0.529. The molecule has 2 heterocycles. The summed E-state index contributed by atoms with van der Waals surface area (Å²) in [6.45, 7) is 0. The summed E-state index contributed by atoms with van der Waals surface area (Å²) < 4.78 is 10.4. The zero-order chi connectivity index (χ0) is 14.4. The van der Waals surface area contributed by atoms with Crippen molar-refractivity contribution in [1.82, 2.24) is 9.13 Å². The largest absolute Gasteiger partial charge is 0.453 e. The number of para-hydroxylation sites is 2. The van der Waals surface area contributed by atoms with Crippen molar-refractivity contribution in [2.75, 3.05) is 0 Å². The highest BCUT2D eigenvalue weighted by molar-refractivity contribution is 5.89. The van der Waals surface area contributed by atoms with Gasteiger partial charge in [-0.25, -0.2) is 0 Å². The van der Waals surface area contributed by atoms with Crippen LogP contribution in [0.4, 0.5) is 0 Å². The van der Waals surface area contributed by atoms with E-state index in [1.54, 1.807) is 0 Å². The van der Waals surface area contributed by atoms with E-state index in [0.717, 1.165) is 22.5 Å². The summed E-state index contributed by atoms with van der Waals surface area (Å²) in [7, 11) is 4.08. The molecule has 0 saturated carbocycles. The van der Waals surface area contributed by atoms with E-state index < -0.39 is 0 Å². The minimum Gasteiger partial charge on any atom is -0.453 e. The molecular weight excluding hydrogens is 260 g/mol. The maximum absolute atomic E-state index is 6.24. The molecule has 0 unspecified atom stereocenters. The molecule has 3 heteroatoms. The van der Waals surface area contributed by atoms with Crippen molar-refractivity contribution >= 4 is 21.8 Å². The number of hydrogen-bond acceptors (Lipinski definition) is 1. The van der Waals surface area contributed by atoms with Crippen LogP contribution < -0.4 is 4.74 Å². The Morgan fingerprint density at radius 3 is 1.62 bits per heavy atom. The summed E-state index contributed by atoms with van der Waals surface area (Å²) in [6.07, 6.45) is 4.11. The van der Waals surface area contributed by atoms with Gasteiger partial charge in [-0.1, -0.05) is 24.3 Å². The average Bonchev–Trinajstić information content (AvgIpc) is 3.05. The van der Waals surface area contributed by atoms with E-state index in [4.69, 9.17) is 4.74 Å². The van der Waals surface area contributed by atoms with E-state index in [0.29, 0.717) is 0 Å². The fourth-order valence-electron chi connectivity index (χ4n) is 2.92. The van der Waals surface area contributed by atoms with Crippen LogP contribution >= 0.6 is 0 Å². The van der Waals surface area contributed by atoms with Gasteiger partial charge in [-0.05, 0) is 24.3 Å². The van der Waals surface area contributed by atoms with Crippen LogP contribution in [0, 0.1) is 0 Å². The van der Waals surface area contributed by atoms with E-state index in [-0.39, 0.29) is 0 Å². The van der Waals surface area contributed by atoms with E-state index in [1.807, 2.05) is 38.4 Å². The number of hydrogen-bond donors (Lipinski definition) is 0.